The highest BCUT2D eigenvalue weighted by Crippen LogP contribution is 2.31. The van der Waals surface area contributed by atoms with E-state index in [2.05, 4.69) is 16.2 Å². The van der Waals surface area contributed by atoms with Crippen LogP contribution >= 0.6 is 11.3 Å². The third kappa shape index (κ3) is 5.40. The standard InChI is InChI=1S/C31H25N3O4S/c1-4-18-38-25-14-10-21(11-15-25)19-26-30(36)34-28(22-12-16-24(37-3)17-13-22)27(20(2)32-31(34)39-26)29(35)33-23-8-6-5-7-9-23/h1,5-17,19,28H,18H2,2-3H3,(H,33,35)/b26-19+/t28-/m0/s1. The highest BCUT2D eigenvalue weighted by molar-refractivity contribution is 7.07. The summed E-state index contributed by atoms with van der Waals surface area (Å²) >= 11 is 1.28. The molecule has 0 bridgehead atoms. The molecular formula is C31H25N3O4S. The van der Waals surface area contributed by atoms with Crippen molar-refractivity contribution < 1.29 is 14.3 Å². The highest BCUT2D eigenvalue weighted by Gasteiger charge is 2.32. The maximum atomic E-state index is 13.8. The average molecular weight is 536 g/mol. The summed E-state index contributed by atoms with van der Waals surface area (Å²) in [6.45, 7) is 1.98. The van der Waals surface area contributed by atoms with Gasteiger partial charge in [0, 0.05) is 5.69 Å². The number of carbonyl (C=O) groups is 1. The number of rotatable bonds is 7. The Morgan fingerprint density at radius 1 is 1.08 bits per heavy atom. The maximum Gasteiger partial charge on any atom is 0.271 e. The molecule has 3 aromatic carbocycles. The normalized spacial score (nSPS) is 14.7. The summed E-state index contributed by atoms with van der Waals surface area (Å²) < 4.78 is 12.9. The second-order valence-electron chi connectivity index (χ2n) is 8.74. The fourth-order valence-corrected chi connectivity index (χ4v) is 5.42. The second kappa shape index (κ2) is 11.3. The number of carbonyl (C=O) groups excluding carboxylic acids is 1. The first-order valence-electron chi connectivity index (χ1n) is 12.2. The SMILES string of the molecule is C#CCOc1ccc(/C=c2/sc3n(c2=O)[C@@H](c2ccc(OC)cc2)C(C(=O)Nc2ccccc2)=C(C)N=3)cc1. The van der Waals surface area contributed by atoms with Gasteiger partial charge in [-0.15, -0.1) is 6.42 Å². The maximum absolute atomic E-state index is 13.8. The zero-order valence-electron chi connectivity index (χ0n) is 21.4. The van der Waals surface area contributed by atoms with Crippen LogP contribution in [0.25, 0.3) is 6.08 Å². The minimum atomic E-state index is -0.669. The largest absolute Gasteiger partial charge is 0.497 e. The van der Waals surface area contributed by atoms with Crippen molar-refractivity contribution in [3.63, 3.8) is 0 Å². The Hall–Kier alpha value is -4.87. The minimum absolute atomic E-state index is 0.183. The number of fused-ring (bicyclic) bond motifs is 1. The molecule has 0 saturated heterocycles. The summed E-state index contributed by atoms with van der Waals surface area (Å²) in [4.78, 5) is 32.6. The Labute approximate surface area is 229 Å². The molecule has 2 heterocycles. The van der Waals surface area contributed by atoms with Gasteiger partial charge in [-0.2, -0.15) is 0 Å². The number of terminal acetylenes is 1. The molecule has 1 aromatic heterocycles. The van der Waals surface area contributed by atoms with E-state index in [4.69, 9.17) is 15.9 Å². The molecule has 194 valence electrons. The number of methoxy groups -OCH3 is 1. The van der Waals surface area contributed by atoms with Crippen LogP contribution in [0.5, 0.6) is 11.5 Å². The van der Waals surface area contributed by atoms with E-state index in [1.807, 2.05) is 72.8 Å². The van der Waals surface area contributed by atoms with E-state index in [0.717, 1.165) is 11.1 Å². The van der Waals surface area contributed by atoms with Gasteiger partial charge in [0.2, 0.25) is 0 Å². The number of benzene rings is 3. The number of amides is 1. The molecule has 4 aromatic rings. The Kier molecular flexibility index (Phi) is 7.43. The number of anilines is 1. The van der Waals surface area contributed by atoms with Crippen LogP contribution in [-0.2, 0) is 4.79 Å². The van der Waals surface area contributed by atoms with Crippen molar-refractivity contribution in [2.75, 3.05) is 19.0 Å². The molecule has 0 saturated carbocycles. The number of aromatic nitrogens is 1. The number of hydrogen-bond donors (Lipinski definition) is 1. The van der Waals surface area contributed by atoms with Crippen LogP contribution in [0.3, 0.4) is 0 Å². The van der Waals surface area contributed by atoms with E-state index in [0.29, 0.717) is 37.8 Å². The fraction of sp³-hybridized carbons (Fsp3) is 0.129. The topological polar surface area (TPSA) is 81.9 Å². The number of allylic oxidation sites excluding steroid dienone is 1. The molecule has 39 heavy (non-hydrogen) atoms. The van der Waals surface area contributed by atoms with E-state index in [1.165, 1.54) is 11.3 Å². The number of ether oxygens (including phenoxy) is 2. The third-order valence-corrected chi connectivity index (χ3v) is 7.21. The molecule has 0 fully saturated rings. The molecular weight excluding hydrogens is 510 g/mol. The van der Waals surface area contributed by atoms with E-state index < -0.39 is 6.04 Å². The van der Waals surface area contributed by atoms with E-state index >= 15 is 0 Å². The van der Waals surface area contributed by atoms with Gasteiger partial charge in [-0.25, -0.2) is 4.99 Å². The zero-order chi connectivity index (χ0) is 27.4. The van der Waals surface area contributed by atoms with Crippen LogP contribution < -0.4 is 29.7 Å². The molecule has 7 nitrogen and oxygen atoms in total. The van der Waals surface area contributed by atoms with E-state index in [-0.39, 0.29) is 18.1 Å². The van der Waals surface area contributed by atoms with Gasteiger partial charge >= 0.3 is 0 Å². The molecule has 0 unspecified atom stereocenters. The molecule has 0 spiro atoms. The van der Waals surface area contributed by atoms with Crippen LogP contribution in [-0.4, -0.2) is 24.2 Å². The molecule has 5 rings (SSSR count). The Balaban J connectivity index is 1.60. The van der Waals surface area contributed by atoms with Gasteiger partial charge in [-0.1, -0.05) is 59.7 Å². The van der Waals surface area contributed by atoms with Gasteiger partial charge < -0.3 is 14.8 Å². The Morgan fingerprint density at radius 3 is 2.44 bits per heavy atom. The molecule has 1 aliphatic heterocycles. The van der Waals surface area contributed by atoms with Crippen molar-refractivity contribution in [2.45, 2.75) is 13.0 Å². The number of thiazole rings is 1. The highest BCUT2D eigenvalue weighted by atomic mass is 32.1. The van der Waals surface area contributed by atoms with E-state index in [9.17, 15) is 9.59 Å². The van der Waals surface area contributed by atoms with E-state index in [1.54, 1.807) is 30.7 Å². The molecule has 8 heteroatoms. The van der Waals surface area contributed by atoms with Crippen LogP contribution in [0.4, 0.5) is 5.69 Å². The first-order valence-corrected chi connectivity index (χ1v) is 13.0. The fourth-order valence-electron chi connectivity index (χ4n) is 4.37. The van der Waals surface area contributed by atoms with Crippen molar-refractivity contribution in [2.24, 2.45) is 4.99 Å². The van der Waals surface area contributed by atoms with Crippen LogP contribution in [0.1, 0.15) is 24.1 Å². The van der Waals surface area contributed by atoms with Gasteiger partial charge in [0.05, 0.1) is 29.0 Å². The zero-order valence-corrected chi connectivity index (χ0v) is 22.2. The number of para-hydroxylation sites is 1. The third-order valence-electron chi connectivity index (χ3n) is 6.23. The molecule has 1 amide bonds. The lowest BCUT2D eigenvalue weighted by Crippen LogP contribution is -2.40. The lowest BCUT2D eigenvalue weighted by molar-refractivity contribution is -0.113. The number of nitrogens with zero attached hydrogens (tertiary/aromatic N) is 2. The van der Waals surface area contributed by atoms with Gasteiger partial charge in [-0.3, -0.25) is 14.2 Å². The molecule has 1 aliphatic rings. The summed E-state index contributed by atoms with van der Waals surface area (Å²) in [5, 5.41) is 2.96. The summed E-state index contributed by atoms with van der Waals surface area (Å²) in [6, 6.07) is 23.2. The summed E-state index contributed by atoms with van der Waals surface area (Å²) in [6.07, 6.45) is 7.07. The van der Waals surface area contributed by atoms with Gasteiger partial charge in [0.25, 0.3) is 11.5 Å². The lowest BCUT2D eigenvalue weighted by Gasteiger charge is -2.25. The average Bonchev–Trinajstić information content (AvgIpc) is 3.26. The monoisotopic (exact) mass is 535 g/mol. The van der Waals surface area contributed by atoms with Crippen LogP contribution in [0.2, 0.25) is 0 Å². The molecule has 0 aliphatic carbocycles. The Bertz CT molecular complexity index is 1760. The lowest BCUT2D eigenvalue weighted by atomic mass is 9.95. The first-order chi connectivity index (χ1) is 19.0. The first kappa shape index (κ1) is 25.8. The minimum Gasteiger partial charge on any atom is -0.497 e. The summed E-state index contributed by atoms with van der Waals surface area (Å²) in [7, 11) is 1.59. The molecule has 1 N–H and O–H groups in total. The van der Waals surface area contributed by atoms with Gasteiger partial charge in [0.1, 0.15) is 18.1 Å². The smallest absolute Gasteiger partial charge is 0.271 e. The van der Waals surface area contributed by atoms with Crippen molar-refractivity contribution in [3.05, 3.63) is 121 Å². The van der Waals surface area contributed by atoms with Crippen molar-refractivity contribution in [3.8, 4) is 23.8 Å². The molecule has 0 radical (unpaired) electrons. The molecule has 1 atom stereocenters. The Morgan fingerprint density at radius 2 is 1.77 bits per heavy atom. The van der Waals surface area contributed by atoms with Crippen molar-refractivity contribution in [1.82, 2.24) is 4.57 Å². The summed E-state index contributed by atoms with van der Waals surface area (Å²) in [5.41, 5.74) is 2.97. The summed E-state index contributed by atoms with van der Waals surface area (Å²) in [5.74, 6) is 3.44. The predicted molar refractivity (Wildman–Crippen MR) is 153 cm³/mol. The number of hydrogen-bond acceptors (Lipinski definition) is 6. The second-order valence-corrected chi connectivity index (χ2v) is 9.75. The van der Waals surface area contributed by atoms with Gasteiger partial charge in [-0.05, 0) is 60.5 Å². The van der Waals surface area contributed by atoms with Crippen molar-refractivity contribution in [1.29, 1.82) is 0 Å². The van der Waals surface area contributed by atoms with Crippen LogP contribution in [0, 0.1) is 12.3 Å². The quantitative estimate of drug-likeness (QED) is 0.364. The number of nitrogens with one attached hydrogen (secondary N) is 1. The van der Waals surface area contributed by atoms with Gasteiger partial charge in [0.15, 0.2) is 4.80 Å². The predicted octanol–water partition coefficient (Wildman–Crippen LogP) is 3.89. The van der Waals surface area contributed by atoms with Crippen molar-refractivity contribution >= 4 is 29.0 Å². The van der Waals surface area contributed by atoms with Crippen LogP contribution in [0.15, 0.2) is 99.9 Å².